The van der Waals surface area contributed by atoms with Crippen LogP contribution in [0.2, 0.25) is 0 Å². The maximum absolute atomic E-state index is 12.9. The molecule has 104 valence electrons. The zero-order valence-corrected chi connectivity index (χ0v) is 10.8. The molecule has 0 saturated heterocycles. The molecule has 2 rings (SSSR count). The third-order valence-electron chi connectivity index (χ3n) is 3.72. The Bertz CT molecular complexity index is 431. The zero-order valence-electron chi connectivity index (χ0n) is 10.8. The van der Waals surface area contributed by atoms with E-state index in [-0.39, 0.29) is 11.7 Å². The molecule has 1 fully saturated rings. The fourth-order valence-electron chi connectivity index (χ4n) is 2.59. The van der Waals surface area contributed by atoms with E-state index in [1.165, 1.54) is 12.3 Å². The van der Waals surface area contributed by atoms with Crippen LogP contribution in [-0.2, 0) is 11.3 Å². The minimum atomic E-state index is -0.669. The molecule has 4 nitrogen and oxygen atoms in total. The van der Waals surface area contributed by atoms with E-state index < -0.39 is 5.97 Å². The maximum Gasteiger partial charge on any atom is 0.306 e. The van der Waals surface area contributed by atoms with Crippen LogP contribution in [0.5, 0.6) is 0 Å². The summed E-state index contributed by atoms with van der Waals surface area (Å²) < 4.78 is 12.9. The van der Waals surface area contributed by atoms with E-state index in [0.29, 0.717) is 12.5 Å². The van der Waals surface area contributed by atoms with Crippen LogP contribution in [0, 0.1) is 17.7 Å². The first-order chi connectivity index (χ1) is 9.15. The Hall–Kier alpha value is -1.49. The molecule has 0 atom stereocenters. The number of rotatable bonds is 5. The minimum Gasteiger partial charge on any atom is -0.481 e. The van der Waals surface area contributed by atoms with E-state index >= 15 is 0 Å². The smallest absolute Gasteiger partial charge is 0.306 e. The standard InChI is InChI=1S/C14H19FN2O2/c15-13-5-11(8-17-9-13)7-16-6-10-1-3-12(4-2-10)14(18)19/h5,8-10,12,16H,1-4,6-7H2,(H,18,19). The van der Waals surface area contributed by atoms with Gasteiger partial charge in [0.25, 0.3) is 0 Å². The van der Waals surface area contributed by atoms with E-state index in [2.05, 4.69) is 10.3 Å². The summed E-state index contributed by atoms with van der Waals surface area (Å²) in [7, 11) is 0. The van der Waals surface area contributed by atoms with E-state index in [1.54, 1.807) is 6.20 Å². The summed E-state index contributed by atoms with van der Waals surface area (Å²) in [5, 5.41) is 12.2. The first kappa shape index (κ1) is 13.9. The molecule has 1 aromatic rings. The third kappa shape index (κ3) is 4.28. The number of nitrogens with one attached hydrogen (secondary N) is 1. The van der Waals surface area contributed by atoms with Gasteiger partial charge in [0, 0.05) is 12.7 Å². The quantitative estimate of drug-likeness (QED) is 0.857. The predicted molar refractivity (Wildman–Crippen MR) is 69.0 cm³/mol. The van der Waals surface area contributed by atoms with Crippen LogP contribution in [0.1, 0.15) is 31.2 Å². The molecule has 0 radical (unpaired) electrons. The Kier molecular flexibility index (Phi) is 4.85. The van der Waals surface area contributed by atoms with Crippen molar-refractivity contribution >= 4 is 5.97 Å². The Labute approximate surface area is 112 Å². The molecule has 19 heavy (non-hydrogen) atoms. The van der Waals surface area contributed by atoms with Crippen molar-refractivity contribution in [2.45, 2.75) is 32.2 Å². The van der Waals surface area contributed by atoms with Gasteiger partial charge in [-0.2, -0.15) is 0 Å². The molecule has 0 amide bonds. The summed E-state index contributed by atoms with van der Waals surface area (Å²) in [4.78, 5) is 14.6. The molecule has 5 heteroatoms. The van der Waals surface area contributed by atoms with Crippen molar-refractivity contribution in [1.29, 1.82) is 0 Å². The van der Waals surface area contributed by atoms with Crippen molar-refractivity contribution in [3.8, 4) is 0 Å². The van der Waals surface area contributed by atoms with Crippen LogP contribution in [0.3, 0.4) is 0 Å². The van der Waals surface area contributed by atoms with Gasteiger partial charge in [-0.15, -0.1) is 0 Å². The largest absolute Gasteiger partial charge is 0.481 e. The van der Waals surface area contributed by atoms with Crippen LogP contribution in [0.25, 0.3) is 0 Å². The fourth-order valence-corrected chi connectivity index (χ4v) is 2.59. The third-order valence-corrected chi connectivity index (χ3v) is 3.72. The Morgan fingerprint density at radius 2 is 2.11 bits per heavy atom. The highest BCUT2D eigenvalue weighted by Crippen LogP contribution is 2.28. The number of hydrogen-bond acceptors (Lipinski definition) is 3. The van der Waals surface area contributed by atoms with Crippen LogP contribution >= 0.6 is 0 Å². The Balaban J connectivity index is 1.68. The SMILES string of the molecule is O=C(O)C1CCC(CNCc2cncc(F)c2)CC1. The molecule has 1 saturated carbocycles. The second kappa shape index (κ2) is 6.61. The predicted octanol–water partition coefficient (Wildman–Crippen LogP) is 2.20. The van der Waals surface area contributed by atoms with Gasteiger partial charge in [0.15, 0.2) is 0 Å². The number of aromatic nitrogens is 1. The lowest BCUT2D eigenvalue weighted by molar-refractivity contribution is -0.143. The number of carboxylic acid groups (broad SMARTS) is 1. The summed E-state index contributed by atoms with van der Waals surface area (Å²) in [5.74, 6) is -0.626. The highest BCUT2D eigenvalue weighted by Gasteiger charge is 2.25. The summed E-state index contributed by atoms with van der Waals surface area (Å²) in [5.41, 5.74) is 0.833. The zero-order chi connectivity index (χ0) is 13.7. The number of carboxylic acids is 1. The van der Waals surface area contributed by atoms with Gasteiger partial charge < -0.3 is 10.4 Å². The molecule has 1 heterocycles. The van der Waals surface area contributed by atoms with Gasteiger partial charge in [-0.1, -0.05) is 0 Å². The molecule has 0 aliphatic heterocycles. The molecule has 1 aliphatic carbocycles. The summed E-state index contributed by atoms with van der Waals surface area (Å²) in [6.07, 6.45) is 6.28. The van der Waals surface area contributed by atoms with E-state index in [0.717, 1.165) is 37.8 Å². The second-order valence-corrected chi connectivity index (χ2v) is 5.20. The summed E-state index contributed by atoms with van der Waals surface area (Å²) in [6, 6.07) is 1.47. The first-order valence-electron chi connectivity index (χ1n) is 6.68. The first-order valence-corrected chi connectivity index (χ1v) is 6.68. The summed E-state index contributed by atoms with van der Waals surface area (Å²) >= 11 is 0. The number of aliphatic carboxylic acids is 1. The lowest BCUT2D eigenvalue weighted by Crippen LogP contribution is -2.28. The molecule has 2 N–H and O–H groups in total. The monoisotopic (exact) mass is 266 g/mol. The molecular formula is C14H19FN2O2. The van der Waals surface area contributed by atoms with Crippen molar-refractivity contribution in [1.82, 2.24) is 10.3 Å². The highest BCUT2D eigenvalue weighted by molar-refractivity contribution is 5.69. The molecule has 0 aromatic carbocycles. The van der Waals surface area contributed by atoms with Crippen molar-refractivity contribution in [3.63, 3.8) is 0 Å². The molecule has 0 bridgehead atoms. The van der Waals surface area contributed by atoms with Crippen molar-refractivity contribution in [3.05, 3.63) is 29.8 Å². The topological polar surface area (TPSA) is 62.2 Å². The lowest BCUT2D eigenvalue weighted by atomic mass is 9.82. The molecule has 1 aliphatic rings. The van der Waals surface area contributed by atoms with E-state index in [9.17, 15) is 9.18 Å². The molecule has 1 aromatic heterocycles. The van der Waals surface area contributed by atoms with Crippen molar-refractivity contribution < 1.29 is 14.3 Å². The van der Waals surface area contributed by atoms with Crippen molar-refractivity contribution in [2.24, 2.45) is 11.8 Å². The number of hydrogen-bond donors (Lipinski definition) is 2. The average Bonchev–Trinajstić information content (AvgIpc) is 2.39. The Morgan fingerprint density at radius 1 is 1.37 bits per heavy atom. The number of nitrogens with zero attached hydrogens (tertiary/aromatic N) is 1. The number of pyridine rings is 1. The average molecular weight is 266 g/mol. The maximum atomic E-state index is 12.9. The molecule has 0 spiro atoms. The van der Waals surface area contributed by atoms with Crippen LogP contribution in [0.4, 0.5) is 4.39 Å². The number of carbonyl (C=O) groups is 1. The van der Waals surface area contributed by atoms with Gasteiger partial charge in [-0.05, 0) is 49.8 Å². The van der Waals surface area contributed by atoms with Crippen LogP contribution in [-0.4, -0.2) is 22.6 Å². The van der Waals surface area contributed by atoms with Gasteiger partial charge in [-0.25, -0.2) is 4.39 Å². The van der Waals surface area contributed by atoms with Crippen molar-refractivity contribution in [2.75, 3.05) is 6.54 Å². The van der Waals surface area contributed by atoms with E-state index in [4.69, 9.17) is 5.11 Å². The Morgan fingerprint density at radius 3 is 2.74 bits per heavy atom. The molecular weight excluding hydrogens is 247 g/mol. The van der Waals surface area contributed by atoms with E-state index in [1.807, 2.05) is 0 Å². The fraction of sp³-hybridized carbons (Fsp3) is 0.571. The second-order valence-electron chi connectivity index (χ2n) is 5.20. The van der Waals surface area contributed by atoms with Crippen LogP contribution in [0.15, 0.2) is 18.5 Å². The van der Waals surface area contributed by atoms with Crippen LogP contribution < -0.4 is 5.32 Å². The highest BCUT2D eigenvalue weighted by atomic mass is 19.1. The van der Waals surface area contributed by atoms with Gasteiger partial charge in [-0.3, -0.25) is 9.78 Å². The van der Waals surface area contributed by atoms with Gasteiger partial charge in [0.05, 0.1) is 12.1 Å². The number of halogens is 1. The van der Waals surface area contributed by atoms with Gasteiger partial charge in [0.2, 0.25) is 0 Å². The van der Waals surface area contributed by atoms with Gasteiger partial charge >= 0.3 is 5.97 Å². The normalized spacial score (nSPS) is 23.2. The summed E-state index contributed by atoms with van der Waals surface area (Å²) in [6.45, 7) is 1.45. The minimum absolute atomic E-state index is 0.163. The lowest BCUT2D eigenvalue weighted by Gasteiger charge is -2.26. The van der Waals surface area contributed by atoms with Gasteiger partial charge in [0.1, 0.15) is 5.82 Å². The molecule has 0 unspecified atom stereocenters.